The molecule has 0 radical (unpaired) electrons. The maximum Gasteiger partial charge on any atom is 0.329 e. The van der Waals surface area contributed by atoms with Gasteiger partial charge in [-0.1, -0.05) is 30.3 Å². The van der Waals surface area contributed by atoms with E-state index in [1.807, 2.05) is 41.1 Å². The average molecular weight is 398 g/mol. The molecule has 2 aromatic carbocycles. The number of benzene rings is 2. The molecule has 0 spiro atoms. The first-order valence-corrected chi connectivity index (χ1v) is 9.98. The Morgan fingerprint density at radius 1 is 0.900 bits per heavy atom. The number of nitrogens with one attached hydrogen (secondary N) is 2. The first-order valence-electron chi connectivity index (χ1n) is 9.98. The molecule has 6 heteroatoms. The summed E-state index contributed by atoms with van der Waals surface area (Å²) >= 11 is 0. The molecule has 0 aliphatic carbocycles. The monoisotopic (exact) mass is 398 g/mol. The van der Waals surface area contributed by atoms with Gasteiger partial charge in [0.15, 0.2) is 0 Å². The predicted molar refractivity (Wildman–Crippen MR) is 119 cm³/mol. The van der Waals surface area contributed by atoms with E-state index in [2.05, 4.69) is 35.9 Å². The molecule has 3 aromatic heterocycles. The minimum Gasteiger partial charge on any atom is -0.361 e. The molecule has 0 saturated carbocycles. The van der Waals surface area contributed by atoms with E-state index in [0.717, 1.165) is 33.1 Å². The third-order valence-electron chi connectivity index (χ3n) is 5.84. The van der Waals surface area contributed by atoms with Crippen molar-refractivity contribution in [1.82, 2.24) is 19.1 Å². The number of aromatic amines is 2. The number of H-pyrrole nitrogens is 2. The second-order valence-electron chi connectivity index (χ2n) is 7.71. The molecule has 0 aliphatic rings. The summed E-state index contributed by atoms with van der Waals surface area (Å²) in [6.45, 7) is 4.55. The number of fused-ring (bicyclic) bond motifs is 2. The molecule has 0 bridgehead atoms. The molecule has 0 amide bonds. The summed E-state index contributed by atoms with van der Waals surface area (Å²) in [5.74, 6) is 0. The average Bonchev–Trinajstić information content (AvgIpc) is 3.30. The first kappa shape index (κ1) is 18.2. The normalized spacial score (nSPS) is 12.6. The van der Waals surface area contributed by atoms with Crippen LogP contribution >= 0.6 is 0 Å². The fraction of sp³-hybridized carbons (Fsp3) is 0.167. The molecule has 3 heterocycles. The van der Waals surface area contributed by atoms with E-state index in [9.17, 15) is 9.59 Å². The van der Waals surface area contributed by atoms with Gasteiger partial charge in [-0.3, -0.25) is 13.9 Å². The van der Waals surface area contributed by atoms with Gasteiger partial charge in [-0.15, -0.1) is 0 Å². The van der Waals surface area contributed by atoms with Crippen LogP contribution in [0.3, 0.4) is 0 Å². The molecule has 2 N–H and O–H groups in total. The highest BCUT2D eigenvalue weighted by Gasteiger charge is 2.21. The summed E-state index contributed by atoms with van der Waals surface area (Å²) in [7, 11) is 0. The Morgan fingerprint density at radius 2 is 1.70 bits per heavy atom. The number of pyridine rings is 1. The Bertz CT molecular complexity index is 1480. The van der Waals surface area contributed by atoms with Crippen LogP contribution in [0.25, 0.3) is 21.9 Å². The van der Waals surface area contributed by atoms with E-state index in [1.165, 1.54) is 11.6 Å². The van der Waals surface area contributed by atoms with E-state index in [4.69, 9.17) is 0 Å². The Balaban J connectivity index is 1.69. The van der Waals surface area contributed by atoms with Crippen LogP contribution in [0.2, 0.25) is 0 Å². The Morgan fingerprint density at radius 3 is 2.47 bits per heavy atom. The van der Waals surface area contributed by atoms with E-state index in [-0.39, 0.29) is 17.3 Å². The Hall–Kier alpha value is -3.80. The van der Waals surface area contributed by atoms with Crippen molar-refractivity contribution in [1.29, 1.82) is 0 Å². The van der Waals surface area contributed by atoms with Gasteiger partial charge in [-0.05, 0) is 43.2 Å². The summed E-state index contributed by atoms with van der Waals surface area (Å²) in [4.78, 5) is 31.0. The van der Waals surface area contributed by atoms with Crippen molar-refractivity contribution in [2.75, 3.05) is 0 Å². The lowest BCUT2D eigenvalue weighted by Gasteiger charge is -2.14. The van der Waals surface area contributed by atoms with Crippen LogP contribution in [0, 0.1) is 6.92 Å². The number of nitrogens with zero attached hydrogens (tertiary/aromatic N) is 2. The number of aryl methyl sites for hydroxylation is 1. The van der Waals surface area contributed by atoms with E-state index < -0.39 is 0 Å². The van der Waals surface area contributed by atoms with Gasteiger partial charge in [0.25, 0.3) is 0 Å². The molecule has 0 aliphatic heterocycles. The molecule has 6 nitrogen and oxygen atoms in total. The smallest absolute Gasteiger partial charge is 0.329 e. The highest BCUT2D eigenvalue weighted by atomic mass is 16.2. The fourth-order valence-corrected chi connectivity index (χ4v) is 4.35. The summed E-state index contributed by atoms with van der Waals surface area (Å²) in [6.07, 6.45) is 3.66. The third kappa shape index (κ3) is 2.80. The van der Waals surface area contributed by atoms with Crippen molar-refractivity contribution in [2.45, 2.75) is 26.4 Å². The maximum atomic E-state index is 13.6. The van der Waals surface area contributed by atoms with Crippen LogP contribution in [-0.2, 0) is 6.54 Å². The number of hydrogen-bond donors (Lipinski definition) is 2. The standard InChI is InChI=1S/C24H22N4O2/c1-15-6-5-7-19-23(15)18(13-25-19)16(2)28-21-9-4-3-8-20(21)27(24(28)30)14-17-10-11-22(29)26-12-17/h3-13,16,25H,14H2,1-2H3,(H,26,29). The molecule has 5 rings (SSSR count). The third-order valence-corrected chi connectivity index (χ3v) is 5.84. The van der Waals surface area contributed by atoms with Crippen LogP contribution in [0.5, 0.6) is 0 Å². The van der Waals surface area contributed by atoms with E-state index >= 15 is 0 Å². The molecule has 0 saturated heterocycles. The van der Waals surface area contributed by atoms with Crippen molar-refractivity contribution in [3.05, 3.63) is 105 Å². The molecule has 1 atom stereocenters. The van der Waals surface area contributed by atoms with Crippen molar-refractivity contribution >= 4 is 21.9 Å². The summed E-state index contributed by atoms with van der Waals surface area (Å²) in [6, 6.07) is 17.1. The minimum atomic E-state index is -0.156. The molecule has 1 unspecified atom stereocenters. The lowest BCUT2D eigenvalue weighted by molar-refractivity contribution is 0.609. The number of hydrogen-bond acceptors (Lipinski definition) is 2. The van der Waals surface area contributed by atoms with Crippen LogP contribution in [0.4, 0.5) is 0 Å². The summed E-state index contributed by atoms with van der Waals surface area (Å²) < 4.78 is 3.62. The van der Waals surface area contributed by atoms with Crippen LogP contribution in [0.15, 0.2) is 76.6 Å². The van der Waals surface area contributed by atoms with Gasteiger partial charge in [-0.25, -0.2) is 4.79 Å². The molecule has 5 aromatic rings. The Labute approximate surface area is 172 Å². The van der Waals surface area contributed by atoms with Gasteiger partial charge in [0.05, 0.1) is 23.6 Å². The van der Waals surface area contributed by atoms with Crippen LogP contribution in [0.1, 0.15) is 29.7 Å². The topological polar surface area (TPSA) is 75.6 Å². The fourth-order valence-electron chi connectivity index (χ4n) is 4.35. The molecule has 30 heavy (non-hydrogen) atoms. The van der Waals surface area contributed by atoms with E-state index in [1.54, 1.807) is 16.8 Å². The first-order chi connectivity index (χ1) is 14.5. The van der Waals surface area contributed by atoms with Crippen LogP contribution in [-0.4, -0.2) is 19.1 Å². The quantitative estimate of drug-likeness (QED) is 0.481. The highest BCUT2D eigenvalue weighted by molar-refractivity contribution is 5.87. The predicted octanol–water partition coefficient (Wildman–Crippen LogP) is 3.94. The van der Waals surface area contributed by atoms with Crippen molar-refractivity contribution in [2.24, 2.45) is 0 Å². The number of rotatable bonds is 4. The lowest BCUT2D eigenvalue weighted by atomic mass is 10.0. The van der Waals surface area contributed by atoms with E-state index in [0.29, 0.717) is 6.54 Å². The maximum absolute atomic E-state index is 13.6. The van der Waals surface area contributed by atoms with Gasteiger partial charge >= 0.3 is 5.69 Å². The summed E-state index contributed by atoms with van der Waals surface area (Å²) in [5, 5.41) is 1.16. The van der Waals surface area contributed by atoms with Gasteiger partial charge in [0.1, 0.15) is 0 Å². The number of para-hydroxylation sites is 2. The lowest BCUT2D eigenvalue weighted by Crippen LogP contribution is -2.27. The SMILES string of the molecule is Cc1cccc2[nH]cc(C(C)n3c(=O)n(Cc4ccc(=O)[nH]c4)c4ccccc43)c12. The minimum absolute atomic E-state index is 0.0714. The highest BCUT2D eigenvalue weighted by Crippen LogP contribution is 2.30. The van der Waals surface area contributed by atoms with Gasteiger partial charge in [0.2, 0.25) is 5.56 Å². The zero-order valence-corrected chi connectivity index (χ0v) is 16.8. The second-order valence-corrected chi connectivity index (χ2v) is 7.71. The molecular formula is C24H22N4O2. The molecular weight excluding hydrogens is 376 g/mol. The van der Waals surface area contributed by atoms with Gasteiger partial charge in [0, 0.05) is 34.9 Å². The molecule has 150 valence electrons. The largest absolute Gasteiger partial charge is 0.361 e. The van der Waals surface area contributed by atoms with Crippen molar-refractivity contribution < 1.29 is 0 Å². The Kier molecular flexibility index (Phi) is 4.20. The van der Waals surface area contributed by atoms with Gasteiger partial charge < -0.3 is 9.97 Å². The van der Waals surface area contributed by atoms with Crippen LogP contribution < -0.4 is 11.2 Å². The van der Waals surface area contributed by atoms with Gasteiger partial charge in [-0.2, -0.15) is 0 Å². The summed E-state index contributed by atoms with van der Waals surface area (Å²) in [5.41, 5.74) is 5.75. The zero-order valence-electron chi connectivity index (χ0n) is 16.8. The van der Waals surface area contributed by atoms with Crippen molar-refractivity contribution in [3.8, 4) is 0 Å². The number of imidazole rings is 1. The number of aromatic nitrogens is 4. The van der Waals surface area contributed by atoms with Crippen molar-refractivity contribution in [3.63, 3.8) is 0 Å². The zero-order chi connectivity index (χ0) is 20.8. The second kappa shape index (κ2) is 6.91. The molecule has 0 fully saturated rings.